The SMILES string of the molecule is Cc1ccccc1N(c1ccc(-c2cccc3c2CCCC3)cc1)c1ccc2c(c1)C(c1ccccc1)(c1ccccc1)c1c-2ccc2ccccc12. The molecule has 0 heterocycles. The van der Waals surface area contributed by atoms with Gasteiger partial charge in [-0.25, -0.2) is 0 Å². The number of nitrogens with zero attached hydrogens (tertiary/aromatic N) is 1. The van der Waals surface area contributed by atoms with E-state index in [0.717, 1.165) is 11.4 Å². The van der Waals surface area contributed by atoms with E-state index >= 15 is 0 Å². The van der Waals surface area contributed by atoms with Crippen LogP contribution in [0.5, 0.6) is 0 Å². The van der Waals surface area contributed by atoms with E-state index in [2.05, 4.69) is 194 Å². The third kappa shape index (κ3) is 4.99. The standard InChI is InChI=1S/C52H41N/c1-36-15-8-13-26-50(36)53(42-30-27-39(28-31-42)45-25-14-18-37-16-9-11-23-44(37)45)43-32-34-47-48-33-29-38-17-10-12-24-46(38)51(48)52(49(47)35-43,40-19-4-2-5-20-40)41-21-6-3-7-22-41/h2-8,10,12-15,17-22,24-35H,9,11,16,23H2,1H3. The van der Waals surface area contributed by atoms with Crippen LogP contribution in [0.1, 0.15) is 51.8 Å². The predicted molar refractivity (Wildman–Crippen MR) is 223 cm³/mol. The first-order valence-corrected chi connectivity index (χ1v) is 19.1. The molecule has 0 spiro atoms. The second-order valence-corrected chi connectivity index (χ2v) is 14.7. The maximum atomic E-state index is 2.48. The summed E-state index contributed by atoms with van der Waals surface area (Å²) in [7, 11) is 0. The largest absolute Gasteiger partial charge is 0.310 e. The number of para-hydroxylation sites is 1. The van der Waals surface area contributed by atoms with Gasteiger partial charge >= 0.3 is 0 Å². The zero-order valence-corrected chi connectivity index (χ0v) is 30.1. The molecule has 0 amide bonds. The lowest BCUT2D eigenvalue weighted by molar-refractivity contribution is 0.687. The highest BCUT2D eigenvalue weighted by Crippen LogP contribution is 2.59. The minimum Gasteiger partial charge on any atom is -0.310 e. The maximum Gasteiger partial charge on any atom is 0.0720 e. The second-order valence-electron chi connectivity index (χ2n) is 14.7. The van der Waals surface area contributed by atoms with Crippen molar-refractivity contribution in [3.63, 3.8) is 0 Å². The number of rotatable bonds is 6. The van der Waals surface area contributed by atoms with Crippen molar-refractivity contribution in [3.8, 4) is 22.3 Å². The summed E-state index contributed by atoms with van der Waals surface area (Å²) in [4.78, 5) is 2.46. The molecular weight excluding hydrogens is 639 g/mol. The molecule has 0 fully saturated rings. The van der Waals surface area contributed by atoms with Crippen LogP contribution in [-0.4, -0.2) is 0 Å². The summed E-state index contributed by atoms with van der Waals surface area (Å²) in [6, 6.07) is 68.0. The summed E-state index contributed by atoms with van der Waals surface area (Å²) < 4.78 is 0. The van der Waals surface area contributed by atoms with Crippen molar-refractivity contribution in [1.82, 2.24) is 0 Å². The first-order chi connectivity index (χ1) is 26.2. The molecule has 254 valence electrons. The lowest BCUT2D eigenvalue weighted by Gasteiger charge is -2.35. The van der Waals surface area contributed by atoms with E-state index in [1.807, 2.05) is 0 Å². The fourth-order valence-corrected chi connectivity index (χ4v) is 9.48. The van der Waals surface area contributed by atoms with Gasteiger partial charge in [0.05, 0.1) is 5.41 Å². The molecule has 0 saturated heterocycles. The third-order valence-corrected chi connectivity index (χ3v) is 11.9. The zero-order chi connectivity index (χ0) is 35.4. The Kier molecular flexibility index (Phi) is 7.62. The Morgan fingerprint density at radius 2 is 1.15 bits per heavy atom. The fourth-order valence-electron chi connectivity index (χ4n) is 9.48. The minimum atomic E-state index is -0.516. The number of hydrogen-bond donors (Lipinski definition) is 0. The van der Waals surface area contributed by atoms with Crippen LogP contribution < -0.4 is 4.90 Å². The Hall–Kier alpha value is -6.18. The molecule has 2 aliphatic rings. The zero-order valence-electron chi connectivity index (χ0n) is 30.1. The predicted octanol–water partition coefficient (Wildman–Crippen LogP) is 13.5. The maximum absolute atomic E-state index is 2.48. The molecule has 0 unspecified atom stereocenters. The number of fused-ring (bicyclic) bond motifs is 6. The average molecular weight is 680 g/mol. The lowest BCUT2D eigenvalue weighted by atomic mass is 9.66. The number of benzene rings is 8. The quantitative estimate of drug-likeness (QED) is 0.169. The van der Waals surface area contributed by atoms with Gasteiger partial charge in [0.15, 0.2) is 0 Å². The minimum absolute atomic E-state index is 0.516. The van der Waals surface area contributed by atoms with Crippen LogP contribution in [0.25, 0.3) is 33.0 Å². The Labute approximate surface area is 312 Å². The molecule has 8 aromatic carbocycles. The van der Waals surface area contributed by atoms with Crippen molar-refractivity contribution in [2.45, 2.75) is 38.0 Å². The number of anilines is 3. The molecule has 1 heteroatoms. The number of aryl methyl sites for hydroxylation is 2. The Morgan fingerprint density at radius 1 is 0.491 bits per heavy atom. The van der Waals surface area contributed by atoms with E-state index in [4.69, 9.17) is 0 Å². The molecule has 1 nitrogen and oxygen atoms in total. The summed E-state index contributed by atoms with van der Waals surface area (Å²) in [5.74, 6) is 0. The molecule has 2 aliphatic carbocycles. The van der Waals surface area contributed by atoms with Crippen LogP contribution in [0.3, 0.4) is 0 Å². The molecule has 0 aliphatic heterocycles. The highest BCUT2D eigenvalue weighted by molar-refractivity contribution is 6.01. The van der Waals surface area contributed by atoms with Gasteiger partial charge in [-0.1, -0.05) is 152 Å². The normalized spacial score (nSPS) is 14.0. The fraction of sp³-hybridized carbons (Fsp3) is 0.115. The molecule has 0 radical (unpaired) electrons. The van der Waals surface area contributed by atoms with Gasteiger partial charge in [-0.05, 0) is 135 Å². The van der Waals surface area contributed by atoms with Crippen molar-refractivity contribution in [2.75, 3.05) is 4.90 Å². The number of hydrogen-bond acceptors (Lipinski definition) is 1. The molecule has 53 heavy (non-hydrogen) atoms. The topological polar surface area (TPSA) is 3.24 Å². The summed E-state index contributed by atoms with van der Waals surface area (Å²) in [6.07, 6.45) is 4.92. The van der Waals surface area contributed by atoms with Crippen molar-refractivity contribution in [1.29, 1.82) is 0 Å². The van der Waals surface area contributed by atoms with Crippen molar-refractivity contribution in [2.24, 2.45) is 0 Å². The van der Waals surface area contributed by atoms with Crippen molar-refractivity contribution < 1.29 is 0 Å². The molecule has 0 atom stereocenters. The third-order valence-electron chi connectivity index (χ3n) is 11.9. The van der Waals surface area contributed by atoms with E-state index in [1.165, 1.54) is 103 Å². The smallest absolute Gasteiger partial charge is 0.0720 e. The van der Waals surface area contributed by atoms with Crippen molar-refractivity contribution in [3.05, 3.63) is 221 Å². The van der Waals surface area contributed by atoms with Gasteiger partial charge < -0.3 is 4.90 Å². The highest BCUT2D eigenvalue weighted by atomic mass is 15.1. The first kappa shape index (κ1) is 31.5. The average Bonchev–Trinajstić information content (AvgIpc) is 3.53. The van der Waals surface area contributed by atoms with Gasteiger partial charge in [0.25, 0.3) is 0 Å². The van der Waals surface area contributed by atoms with Crippen LogP contribution in [-0.2, 0) is 18.3 Å². The summed E-state index contributed by atoms with van der Waals surface area (Å²) >= 11 is 0. The molecule has 0 saturated carbocycles. The van der Waals surface area contributed by atoms with E-state index in [-0.39, 0.29) is 0 Å². The molecular formula is C52H41N. The van der Waals surface area contributed by atoms with E-state index in [0.29, 0.717) is 0 Å². The molecule has 0 bridgehead atoms. The van der Waals surface area contributed by atoms with Gasteiger partial charge in [0, 0.05) is 17.1 Å². The summed E-state index contributed by atoms with van der Waals surface area (Å²) in [5.41, 5.74) is 17.7. The molecule has 8 aromatic rings. The highest BCUT2D eigenvalue weighted by Gasteiger charge is 2.47. The van der Waals surface area contributed by atoms with Gasteiger partial charge in [0.2, 0.25) is 0 Å². The van der Waals surface area contributed by atoms with Gasteiger partial charge in [0.1, 0.15) is 0 Å². The Bertz CT molecular complexity index is 2580. The van der Waals surface area contributed by atoms with Crippen LogP contribution in [0.15, 0.2) is 182 Å². The van der Waals surface area contributed by atoms with Gasteiger partial charge in [-0.3, -0.25) is 0 Å². The molecule has 0 N–H and O–H groups in total. The Balaban J connectivity index is 1.21. The van der Waals surface area contributed by atoms with E-state index < -0.39 is 5.41 Å². The first-order valence-electron chi connectivity index (χ1n) is 19.1. The second kappa shape index (κ2) is 12.8. The lowest BCUT2D eigenvalue weighted by Crippen LogP contribution is -2.29. The Morgan fingerprint density at radius 3 is 1.92 bits per heavy atom. The van der Waals surface area contributed by atoms with Crippen LogP contribution >= 0.6 is 0 Å². The summed E-state index contributed by atoms with van der Waals surface area (Å²) in [5, 5.41) is 2.56. The molecule has 0 aromatic heterocycles. The van der Waals surface area contributed by atoms with Crippen LogP contribution in [0.4, 0.5) is 17.1 Å². The van der Waals surface area contributed by atoms with Crippen molar-refractivity contribution >= 4 is 27.8 Å². The van der Waals surface area contributed by atoms with Gasteiger partial charge in [-0.2, -0.15) is 0 Å². The van der Waals surface area contributed by atoms with Crippen LogP contribution in [0.2, 0.25) is 0 Å². The van der Waals surface area contributed by atoms with E-state index in [1.54, 1.807) is 0 Å². The summed E-state index contributed by atoms with van der Waals surface area (Å²) in [6.45, 7) is 2.22. The monoisotopic (exact) mass is 679 g/mol. The van der Waals surface area contributed by atoms with Gasteiger partial charge in [-0.15, -0.1) is 0 Å². The molecule has 10 rings (SSSR count). The van der Waals surface area contributed by atoms with Crippen LogP contribution in [0, 0.1) is 6.92 Å². The van der Waals surface area contributed by atoms with E-state index in [9.17, 15) is 0 Å².